The van der Waals surface area contributed by atoms with Crippen molar-refractivity contribution in [2.45, 2.75) is 43.5 Å². The fourth-order valence-corrected chi connectivity index (χ4v) is 4.41. The molecule has 0 radical (unpaired) electrons. The van der Waals surface area contributed by atoms with E-state index in [4.69, 9.17) is 4.74 Å². The number of rotatable bonds is 6. The maximum atomic E-state index is 12.8. The predicted octanol–water partition coefficient (Wildman–Crippen LogP) is 2.41. The van der Waals surface area contributed by atoms with Gasteiger partial charge in [0.2, 0.25) is 10.0 Å². The lowest BCUT2D eigenvalue weighted by Crippen LogP contribution is -2.38. The molecule has 2 amide bonds. The van der Waals surface area contributed by atoms with Crippen molar-refractivity contribution in [1.82, 2.24) is 9.62 Å². The van der Waals surface area contributed by atoms with E-state index in [0.717, 1.165) is 25.7 Å². The number of hydrogen-bond donors (Lipinski definition) is 2. The van der Waals surface area contributed by atoms with Gasteiger partial charge in [0, 0.05) is 25.9 Å². The third-order valence-electron chi connectivity index (χ3n) is 4.09. The molecule has 1 saturated heterocycles. The zero-order valence-corrected chi connectivity index (χ0v) is 15.6. The molecule has 1 aliphatic heterocycles. The Balaban J connectivity index is 2.08. The summed E-state index contributed by atoms with van der Waals surface area (Å²) in [5, 5.41) is 5.39. The number of anilines is 1. The number of ether oxygens (including phenoxy) is 1. The number of sulfonamides is 1. The highest BCUT2D eigenvalue weighted by molar-refractivity contribution is 7.89. The first-order valence-electron chi connectivity index (χ1n) is 8.60. The van der Waals surface area contributed by atoms with Crippen LogP contribution in [0.2, 0.25) is 0 Å². The smallest absolute Gasteiger partial charge is 0.319 e. The average Bonchev–Trinajstić information content (AvgIpc) is 2.85. The van der Waals surface area contributed by atoms with Crippen molar-refractivity contribution in [3.63, 3.8) is 0 Å². The van der Waals surface area contributed by atoms with Gasteiger partial charge in [-0.2, -0.15) is 4.31 Å². The number of benzene rings is 1. The van der Waals surface area contributed by atoms with E-state index in [9.17, 15) is 13.2 Å². The molecule has 1 atom stereocenters. The topological polar surface area (TPSA) is 87.7 Å². The summed E-state index contributed by atoms with van der Waals surface area (Å²) in [4.78, 5) is 12.2. The van der Waals surface area contributed by atoms with Crippen molar-refractivity contribution in [3.05, 3.63) is 24.3 Å². The summed E-state index contributed by atoms with van der Waals surface area (Å²) in [5.74, 6) is 0. The Labute approximate surface area is 149 Å². The maximum absolute atomic E-state index is 12.8. The molecule has 0 saturated carbocycles. The van der Waals surface area contributed by atoms with Crippen molar-refractivity contribution >= 4 is 21.7 Å². The molecule has 7 nitrogen and oxygen atoms in total. The largest absolute Gasteiger partial charge is 0.383 e. The van der Waals surface area contributed by atoms with Crippen molar-refractivity contribution in [1.29, 1.82) is 0 Å². The van der Waals surface area contributed by atoms with Crippen LogP contribution in [0, 0.1) is 0 Å². The minimum absolute atomic E-state index is 0.144. The minimum atomic E-state index is -3.53. The fraction of sp³-hybridized carbons (Fsp3) is 0.588. The van der Waals surface area contributed by atoms with Gasteiger partial charge in [-0.1, -0.05) is 18.9 Å². The standard InChI is InChI=1S/C17H27N3O4S/c1-14(13-24-2)18-17(21)19-15-8-7-9-16(12-15)25(22,23)20-10-5-3-4-6-11-20/h7-9,12,14H,3-6,10-11,13H2,1-2H3,(H2,18,19,21). The number of carbonyl (C=O) groups excluding carboxylic acids is 1. The van der Waals surface area contributed by atoms with Crippen LogP contribution in [0.15, 0.2) is 29.2 Å². The molecule has 2 rings (SSSR count). The van der Waals surface area contributed by atoms with E-state index in [1.54, 1.807) is 29.6 Å². The molecular formula is C17H27N3O4S. The molecule has 1 fully saturated rings. The normalized spacial score (nSPS) is 17.5. The molecular weight excluding hydrogens is 342 g/mol. The lowest BCUT2D eigenvalue weighted by molar-refractivity contribution is 0.173. The predicted molar refractivity (Wildman–Crippen MR) is 97.2 cm³/mol. The van der Waals surface area contributed by atoms with Crippen molar-refractivity contribution < 1.29 is 17.9 Å². The molecule has 140 valence electrons. The van der Waals surface area contributed by atoms with Crippen LogP contribution < -0.4 is 10.6 Å². The second-order valence-electron chi connectivity index (χ2n) is 6.30. The highest BCUT2D eigenvalue weighted by Crippen LogP contribution is 2.22. The van der Waals surface area contributed by atoms with Crippen LogP contribution >= 0.6 is 0 Å². The molecule has 0 spiro atoms. The summed E-state index contributed by atoms with van der Waals surface area (Å²) in [6.07, 6.45) is 3.90. The first-order chi connectivity index (χ1) is 11.9. The zero-order chi connectivity index (χ0) is 18.3. The molecule has 0 bridgehead atoms. The van der Waals surface area contributed by atoms with Gasteiger partial charge >= 0.3 is 6.03 Å². The van der Waals surface area contributed by atoms with E-state index in [1.165, 1.54) is 6.07 Å². The lowest BCUT2D eigenvalue weighted by atomic mass is 10.2. The molecule has 1 aromatic rings. The molecule has 1 unspecified atom stereocenters. The van der Waals surface area contributed by atoms with Gasteiger partial charge in [0.15, 0.2) is 0 Å². The van der Waals surface area contributed by atoms with Crippen LogP contribution in [0.25, 0.3) is 0 Å². The second-order valence-corrected chi connectivity index (χ2v) is 8.24. The number of nitrogens with zero attached hydrogens (tertiary/aromatic N) is 1. The maximum Gasteiger partial charge on any atom is 0.319 e. The Morgan fingerprint density at radius 3 is 2.56 bits per heavy atom. The number of nitrogens with one attached hydrogen (secondary N) is 2. The molecule has 0 aromatic heterocycles. The van der Waals surface area contributed by atoms with E-state index < -0.39 is 16.1 Å². The second kappa shape index (κ2) is 9.17. The van der Waals surface area contributed by atoms with Crippen LogP contribution in [0.5, 0.6) is 0 Å². The highest BCUT2D eigenvalue weighted by Gasteiger charge is 2.25. The third kappa shape index (κ3) is 5.69. The van der Waals surface area contributed by atoms with Gasteiger partial charge in [-0.3, -0.25) is 0 Å². The van der Waals surface area contributed by atoms with E-state index in [1.807, 2.05) is 6.92 Å². The first-order valence-corrected chi connectivity index (χ1v) is 10.0. The minimum Gasteiger partial charge on any atom is -0.383 e. The monoisotopic (exact) mass is 369 g/mol. The highest BCUT2D eigenvalue weighted by atomic mass is 32.2. The van der Waals surface area contributed by atoms with Gasteiger partial charge in [0.25, 0.3) is 0 Å². The number of amides is 2. The van der Waals surface area contributed by atoms with Crippen LogP contribution in [-0.2, 0) is 14.8 Å². The van der Waals surface area contributed by atoms with Crippen LogP contribution in [0.3, 0.4) is 0 Å². The number of carbonyl (C=O) groups is 1. The van der Waals surface area contributed by atoms with Crippen molar-refractivity contribution in [3.8, 4) is 0 Å². The van der Waals surface area contributed by atoms with Crippen LogP contribution in [0.1, 0.15) is 32.6 Å². The van der Waals surface area contributed by atoms with Crippen molar-refractivity contribution in [2.24, 2.45) is 0 Å². The third-order valence-corrected chi connectivity index (χ3v) is 5.98. The summed E-state index contributed by atoms with van der Waals surface area (Å²) in [5.41, 5.74) is 0.443. The number of urea groups is 1. The van der Waals surface area contributed by atoms with E-state index in [-0.39, 0.29) is 10.9 Å². The quantitative estimate of drug-likeness (QED) is 0.806. The van der Waals surface area contributed by atoms with E-state index in [0.29, 0.717) is 25.4 Å². The summed E-state index contributed by atoms with van der Waals surface area (Å²) in [6.45, 7) is 3.32. The van der Waals surface area contributed by atoms with Gasteiger partial charge in [-0.25, -0.2) is 13.2 Å². The Bertz CT molecular complexity index is 670. The fourth-order valence-electron chi connectivity index (χ4n) is 2.85. The Hall–Kier alpha value is -1.64. The summed E-state index contributed by atoms with van der Waals surface area (Å²) in [6, 6.07) is 5.83. The molecule has 2 N–H and O–H groups in total. The van der Waals surface area contributed by atoms with Crippen molar-refractivity contribution in [2.75, 3.05) is 32.1 Å². The van der Waals surface area contributed by atoms with E-state index >= 15 is 0 Å². The Kier molecular flexibility index (Phi) is 7.22. The number of methoxy groups -OCH3 is 1. The number of hydrogen-bond acceptors (Lipinski definition) is 4. The SMILES string of the molecule is COCC(C)NC(=O)Nc1cccc(S(=O)(=O)N2CCCCCC2)c1. The molecule has 0 aliphatic carbocycles. The van der Waals surface area contributed by atoms with Gasteiger partial charge in [-0.15, -0.1) is 0 Å². The molecule has 1 heterocycles. The van der Waals surface area contributed by atoms with Gasteiger partial charge in [-0.05, 0) is 38.0 Å². The molecule has 8 heteroatoms. The van der Waals surface area contributed by atoms with Gasteiger partial charge < -0.3 is 15.4 Å². The molecule has 25 heavy (non-hydrogen) atoms. The Morgan fingerprint density at radius 2 is 1.92 bits per heavy atom. The van der Waals surface area contributed by atoms with Gasteiger partial charge in [0.1, 0.15) is 0 Å². The average molecular weight is 369 g/mol. The first kappa shape index (κ1) is 19.7. The summed E-state index contributed by atoms with van der Waals surface area (Å²) >= 11 is 0. The lowest BCUT2D eigenvalue weighted by Gasteiger charge is -2.20. The van der Waals surface area contributed by atoms with E-state index in [2.05, 4.69) is 10.6 Å². The van der Waals surface area contributed by atoms with Crippen LogP contribution in [-0.4, -0.2) is 51.6 Å². The molecule has 1 aromatic carbocycles. The Morgan fingerprint density at radius 1 is 1.24 bits per heavy atom. The molecule has 1 aliphatic rings. The zero-order valence-electron chi connectivity index (χ0n) is 14.8. The summed E-state index contributed by atoms with van der Waals surface area (Å²) in [7, 11) is -1.97. The van der Waals surface area contributed by atoms with Crippen LogP contribution in [0.4, 0.5) is 10.5 Å². The summed E-state index contributed by atoms with van der Waals surface area (Å²) < 4.78 is 32.2. The van der Waals surface area contributed by atoms with Gasteiger partial charge in [0.05, 0.1) is 17.5 Å².